The number of hydrogen-bond donors (Lipinski definition) is 1. The van der Waals surface area contributed by atoms with Gasteiger partial charge in [0.1, 0.15) is 6.61 Å². The molecule has 1 aromatic heterocycles. The quantitative estimate of drug-likeness (QED) is 0.345. The minimum absolute atomic E-state index is 0.0852. The Bertz CT molecular complexity index is 1180. The average Bonchev–Trinajstić information content (AvgIpc) is 3.65. The molecule has 39 heavy (non-hydrogen) atoms. The minimum atomic E-state index is -0.380. The highest BCUT2D eigenvalue weighted by Gasteiger charge is 2.50. The molecule has 4 atom stereocenters. The predicted octanol–water partition coefficient (Wildman–Crippen LogP) is 6.42. The number of amides is 1. The predicted molar refractivity (Wildman–Crippen MR) is 149 cm³/mol. The van der Waals surface area contributed by atoms with Crippen LogP contribution in [0.25, 0.3) is 0 Å². The van der Waals surface area contributed by atoms with Gasteiger partial charge in [0.2, 0.25) is 5.91 Å². The number of rotatable bonds is 10. The molecule has 0 radical (unpaired) electrons. The van der Waals surface area contributed by atoms with Crippen molar-refractivity contribution in [2.24, 2.45) is 40.9 Å². The van der Waals surface area contributed by atoms with E-state index in [4.69, 9.17) is 4.74 Å². The van der Waals surface area contributed by atoms with E-state index in [2.05, 4.69) is 27.0 Å². The second-order valence-electron chi connectivity index (χ2n) is 13.6. The van der Waals surface area contributed by atoms with Crippen molar-refractivity contribution in [3.05, 3.63) is 35.9 Å². The lowest BCUT2D eigenvalue weighted by Gasteiger charge is -2.56. The summed E-state index contributed by atoms with van der Waals surface area (Å²) in [4.78, 5) is 13.1. The summed E-state index contributed by atoms with van der Waals surface area (Å²) < 4.78 is 22.2. The summed E-state index contributed by atoms with van der Waals surface area (Å²) in [7, 11) is 0. The van der Waals surface area contributed by atoms with Gasteiger partial charge in [-0.3, -0.25) is 9.36 Å². The summed E-state index contributed by atoms with van der Waals surface area (Å²) in [5.74, 6) is 5.78. The number of nitrogens with one attached hydrogen (secondary N) is 1. The van der Waals surface area contributed by atoms with Gasteiger partial charge in [0, 0.05) is 12.6 Å². The van der Waals surface area contributed by atoms with E-state index in [0.29, 0.717) is 22.9 Å². The van der Waals surface area contributed by atoms with E-state index in [1.54, 1.807) is 18.2 Å². The van der Waals surface area contributed by atoms with Crippen LogP contribution >= 0.6 is 11.8 Å². The number of halogens is 1. The van der Waals surface area contributed by atoms with Crippen LogP contribution in [0.5, 0.6) is 5.75 Å². The zero-order valence-corrected chi connectivity index (χ0v) is 23.8. The number of fused-ring (bicyclic) bond motifs is 2. The Hall–Kier alpha value is -2.09. The summed E-state index contributed by atoms with van der Waals surface area (Å²) >= 11 is 1.47. The molecule has 1 heterocycles. The van der Waals surface area contributed by atoms with Crippen LogP contribution in [-0.2, 0) is 11.4 Å². The standard InChI is InChI=1S/C31H41FN4O2S/c1-19(25-12-20-6-7-24(25)11-20)36-28(16-38-27-5-3-2-4-26(27)32)34-35-30(36)39-17-29(37)33-18-31-13-21-8-22(14-31)10-23(9-21)15-31/h2-5,19-25H,6-18H2,1H3,(H,33,37)/t19-,20-,21?,22?,23?,24-,25+,31?/m0/s1. The second kappa shape index (κ2) is 10.4. The van der Waals surface area contributed by atoms with Crippen LogP contribution in [-0.4, -0.2) is 33.0 Å². The van der Waals surface area contributed by atoms with Crippen molar-refractivity contribution in [3.8, 4) is 5.75 Å². The number of ether oxygens (including phenoxy) is 1. The molecule has 6 aliphatic rings. The van der Waals surface area contributed by atoms with E-state index in [1.807, 2.05) is 0 Å². The topological polar surface area (TPSA) is 69.0 Å². The maximum absolute atomic E-state index is 14.2. The Balaban J connectivity index is 1.02. The molecule has 8 rings (SSSR count). The molecular formula is C31H41FN4O2S. The number of nitrogens with zero attached hydrogens (tertiary/aromatic N) is 3. The number of aromatic nitrogens is 3. The summed E-state index contributed by atoms with van der Waals surface area (Å²) in [6.07, 6.45) is 13.4. The van der Waals surface area contributed by atoms with Gasteiger partial charge in [-0.05, 0) is 118 Å². The molecule has 0 aliphatic heterocycles. The molecule has 1 aromatic carbocycles. The Labute approximate surface area is 235 Å². The fraction of sp³-hybridized carbons (Fsp3) is 0.710. The SMILES string of the molecule is C[C@@H]([C@H]1C[C@H]2CC[C@H]1C2)n1c(COc2ccccc2F)nnc1SCC(=O)NCC12CC3CC(CC(C3)C1)C2. The van der Waals surface area contributed by atoms with Crippen molar-refractivity contribution in [1.29, 1.82) is 0 Å². The first-order valence-corrected chi connectivity index (χ1v) is 16.1. The van der Waals surface area contributed by atoms with Gasteiger partial charge in [0.15, 0.2) is 22.5 Å². The largest absolute Gasteiger partial charge is 0.483 e. The molecule has 6 aliphatic carbocycles. The van der Waals surface area contributed by atoms with Crippen LogP contribution < -0.4 is 10.1 Å². The minimum Gasteiger partial charge on any atom is -0.483 e. The maximum atomic E-state index is 14.2. The van der Waals surface area contributed by atoms with Gasteiger partial charge in [-0.25, -0.2) is 4.39 Å². The third kappa shape index (κ3) is 5.11. The first-order valence-electron chi connectivity index (χ1n) is 15.2. The molecule has 1 N–H and O–H groups in total. The molecule has 0 saturated heterocycles. The number of hydrogen-bond acceptors (Lipinski definition) is 5. The van der Waals surface area contributed by atoms with Crippen molar-refractivity contribution in [2.45, 2.75) is 88.9 Å². The first-order chi connectivity index (χ1) is 18.9. The lowest BCUT2D eigenvalue weighted by molar-refractivity contribution is -0.120. The van der Waals surface area contributed by atoms with Crippen LogP contribution in [0.4, 0.5) is 4.39 Å². The molecule has 0 spiro atoms. The molecule has 6 bridgehead atoms. The number of carbonyl (C=O) groups is 1. The van der Waals surface area contributed by atoms with Gasteiger partial charge in [0.25, 0.3) is 0 Å². The fourth-order valence-corrected chi connectivity index (χ4v) is 10.5. The average molecular weight is 553 g/mol. The van der Waals surface area contributed by atoms with Gasteiger partial charge >= 0.3 is 0 Å². The number of benzene rings is 1. The van der Waals surface area contributed by atoms with E-state index in [9.17, 15) is 9.18 Å². The van der Waals surface area contributed by atoms with Crippen molar-refractivity contribution >= 4 is 17.7 Å². The van der Waals surface area contributed by atoms with E-state index >= 15 is 0 Å². The highest BCUT2D eigenvalue weighted by molar-refractivity contribution is 7.99. The van der Waals surface area contributed by atoms with Crippen LogP contribution in [0.2, 0.25) is 0 Å². The normalized spacial score (nSPS) is 34.9. The van der Waals surface area contributed by atoms with E-state index in [-0.39, 0.29) is 30.1 Å². The Morgan fingerprint density at radius 1 is 1.08 bits per heavy atom. The third-order valence-electron chi connectivity index (χ3n) is 10.9. The Morgan fingerprint density at radius 3 is 2.49 bits per heavy atom. The molecule has 210 valence electrons. The highest BCUT2D eigenvalue weighted by Crippen LogP contribution is 2.59. The van der Waals surface area contributed by atoms with E-state index in [1.165, 1.54) is 82.0 Å². The van der Waals surface area contributed by atoms with Crippen LogP contribution in [0.1, 0.15) is 83.0 Å². The monoisotopic (exact) mass is 552 g/mol. The lowest BCUT2D eigenvalue weighted by atomic mass is 9.49. The molecule has 6 saturated carbocycles. The van der Waals surface area contributed by atoms with Gasteiger partial charge in [-0.15, -0.1) is 10.2 Å². The highest BCUT2D eigenvalue weighted by atomic mass is 32.2. The van der Waals surface area contributed by atoms with Crippen molar-refractivity contribution in [3.63, 3.8) is 0 Å². The number of para-hydroxylation sites is 1. The van der Waals surface area contributed by atoms with Crippen molar-refractivity contribution < 1.29 is 13.9 Å². The Kier molecular flexibility index (Phi) is 6.88. The van der Waals surface area contributed by atoms with Gasteiger partial charge in [-0.2, -0.15) is 0 Å². The molecule has 2 aromatic rings. The van der Waals surface area contributed by atoms with Crippen molar-refractivity contribution in [1.82, 2.24) is 20.1 Å². The fourth-order valence-electron chi connectivity index (χ4n) is 9.67. The third-order valence-corrected chi connectivity index (χ3v) is 11.8. The number of carbonyl (C=O) groups excluding carboxylic acids is 1. The van der Waals surface area contributed by atoms with Gasteiger partial charge in [0.05, 0.1) is 5.75 Å². The number of thioether (sulfide) groups is 1. The zero-order valence-electron chi connectivity index (χ0n) is 23.0. The van der Waals surface area contributed by atoms with Gasteiger partial charge in [-0.1, -0.05) is 30.3 Å². The lowest BCUT2D eigenvalue weighted by Crippen LogP contribution is -2.51. The van der Waals surface area contributed by atoms with Gasteiger partial charge < -0.3 is 10.1 Å². The first kappa shape index (κ1) is 25.8. The molecule has 8 heteroatoms. The molecule has 0 unspecified atom stereocenters. The molecule has 1 amide bonds. The summed E-state index contributed by atoms with van der Waals surface area (Å²) in [6.45, 7) is 3.24. The Morgan fingerprint density at radius 2 is 1.82 bits per heavy atom. The summed E-state index contributed by atoms with van der Waals surface area (Å²) in [6, 6.07) is 6.68. The molecular weight excluding hydrogens is 511 g/mol. The van der Waals surface area contributed by atoms with E-state index in [0.717, 1.165) is 41.3 Å². The smallest absolute Gasteiger partial charge is 0.230 e. The van der Waals surface area contributed by atoms with Crippen LogP contribution in [0.15, 0.2) is 29.4 Å². The summed E-state index contributed by atoms with van der Waals surface area (Å²) in [5.41, 5.74) is 0.336. The maximum Gasteiger partial charge on any atom is 0.230 e. The van der Waals surface area contributed by atoms with E-state index < -0.39 is 0 Å². The van der Waals surface area contributed by atoms with Crippen LogP contribution in [0, 0.1) is 46.7 Å². The summed E-state index contributed by atoms with van der Waals surface area (Å²) in [5, 5.41) is 13.1. The second-order valence-corrected chi connectivity index (χ2v) is 14.5. The molecule has 6 nitrogen and oxygen atoms in total. The zero-order chi connectivity index (χ0) is 26.6. The molecule has 6 fully saturated rings. The van der Waals surface area contributed by atoms with Crippen molar-refractivity contribution in [2.75, 3.05) is 12.3 Å². The van der Waals surface area contributed by atoms with Crippen LogP contribution in [0.3, 0.4) is 0 Å².